The lowest BCUT2D eigenvalue weighted by Gasteiger charge is -2.38. The summed E-state index contributed by atoms with van der Waals surface area (Å²) in [5.74, 6) is 1.74. The third-order valence-corrected chi connectivity index (χ3v) is 5.71. The van der Waals surface area contributed by atoms with Crippen LogP contribution in [-0.2, 0) is 10.5 Å². The summed E-state index contributed by atoms with van der Waals surface area (Å²) in [5.41, 5.74) is 1.67. The average molecular weight is 378 g/mol. The zero-order valence-electron chi connectivity index (χ0n) is 13.2. The maximum atomic E-state index is 12.3. The van der Waals surface area contributed by atoms with E-state index in [1.54, 1.807) is 18.0 Å². The molecule has 130 valence electrons. The van der Waals surface area contributed by atoms with Crippen molar-refractivity contribution in [1.29, 1.82) is 0 Å². The summed E-state index contributed by atoms with van der Waals surface area (Å²) in [5, 5.41) is 3.47. The standard InChI is InChI=1S/C16H23N3OS.2ClH/c20-15(12-21-11-14-2-1-6-17-10-14)19-8-4-16(5-9-19)3-7-18-13-16;;/h1-2,6,10,18H,3-5,7-9,11-13H2;2*1H. The van der Waals surface area contributed by atoms with Gasteiger partial charge in [0.1, 0.15) is 0 Å². The Kier molecular flexibility index (Phi) is 8.69. The lowest BCUT2D eigenvalue weighted by atomic mass is 9.78. The van der Waals surface area contributed by atoms with E-state index in [1.165, 1.54) is 24.8 Å². The van der Waals surface area contributed by atoms with Crippen molar-refractivity contribution in [2.24, 2.45) is 5.41 Å². The van der Waals surface area contributed by atoms with Gasteiger partial charge in [0.05, 0.1) is 5.75 Å². The molecule has 23 heavy (non-hydrogen) atoms. The molecule has 3 rings (SSSR count). The minimum Gasteiger partial charge on any atom is -0.342 e. The van der Waals surface area contributed by atoms with E-state index >= 15 is 0 Å². The first-order chi connectivity index (χ1) is 10.3. The first-order valence-corrected chi connectivity index (χ1v) is 8.88. The fourth-order valence-corrected chi connectivity index (χ4v) is 4.15. The van der Waals surface area contributed by atoms with Gasteiger partial charge in [0, 0.05) is 37.8 Å². The van der Waals surface area contributed by atoms with Gasteiger partial charge < -0.3 is 10.2 Å². The largest absolute Gasteiger partial charge is 0.342 e. The van der Waals surface area contributed by atoms with Crippen molar-refractivity contribution in [2.75, 3.05) is 31.9 Å². The second kappa shape index (κ2) is 9.72. The van der Waals surface area contributed by atoms with Crippen molar-refractivity contribution >= 4 is 42.5 Å². The van der Waals surface area contributed by atoms with E-state index in [2.05, 4.69) is 21.3 Å². The van der Waals surface area contributed by atoms with Crippen LogP contribution in [0.2, 0.25) is 0 Å². The van der Waals surface area contributed by atoms with Crippen molar-refractivity contribution in [2.45, 2.75) is 25.0 Å². The predicted octanol–water partition coefficient (Wildman–Crippen LogP) is 2.76. The van der Waals surface area contributed by atoms with Gasteiger partial charge in [-0.05, 0) is 42.9 Å². The number of carbonyl (C=O) groups is 1. The minimum atomic E-state index is 0. The van der Waals surface area contributed by atoms with Crippen LogP contribution in [-0.4, -0.2) is 47.7 Å². The highest BCUT2D eigenvalue weighted by atomic mass is 35.5. The normalized spacial score (nSPS) is 19.0. The van der Waals surface area contributed by atoms with E-state index in [-0.39, 0.29) is 24.8 Å². The van der Waals surface area contributed by atoms with Crippen LogP contribution in [0.5, 0.6) is 0 Å². The number of pyridine rings is 1. The Morgan fingerprint density at radius 1 is 1.30 bits per heavy atom. The highest BCUT2D eigenvalue weighted by Crippen LogP contribution is 2.36. The molecule has 1 spiro atoms. The Balaban J connectivity index is 0.00000132. The Bertz CT molecular complexity index is 473. The van der Waals surface area contributed by atoms with Crippen LogP contribution >= 0.6 is 36.6 Å². The van der Waals surface area contributed by atoms with E-state index in [0.717, 1.165) is 31.9 Å². The fraction of sp³-hybridized carbons (Fsp3) is 0.625. The van der Waals surface area contributed by atoms with Gasteiger partial charge in [0.2, 0.25) is 5.91 Å². The number of aromatic nitrogens is 1. The topological polar surface area (TPSA) is 45.2 Å². The summed E-state index contributed by atoms with van der Waals surface area (Å²) in [6.07, 6.45) is 7.26. The molecule has 1 N–H and O–H groups in total. The van der Waals surface area contributed by atoms with Crippen molar-refractivity contribution in [3.8, 4) is 0 Å². The lowest BCUT2D eigenvalue weighted by molar-refractivity contribution is -0.130. The predicted molar refractivity (Wildman–Crippen MR) is 101 cm³/mol. The summed E-state index contributed by atoms with van der Waals surface area (Å²) >= 11 is 1.69. The summed E-state index contributed by atoms with van der Waals surface area (Å²) < 4.78 is 0. The smallest absolute Gasteiger partial charge is 0.232 e. The second-order valence-corrected chi connectivity index (χ2v) is 7.15. The number of halogens is 2. The quantitative estimate of drug-likeness (QED) is 0.875. The van der Waals surface area contributed by atoms with Crippen LogP contribution in [0.4, 0.5) is 0 Å². The molecule has 2 saturated heterocycles. The van der Waals surface area contributed by atoms with Crippen LogP contribution in [0.3, 0.4) is 0 Å². The van der Waals surface area contributed by atoms with Crippen LogP contribution in [0.25, 0.3) is 0 Å². The molecule has 1 aromatic heterocycles. The van der Waals surface area contributed by atoms with Crippen LogP contribution < -0.4 is 5.32 Å². The van der Waals surface area contributed by atoms with Crippen LogP contribution in [0, 0.1) is 5.41 Å². The summed E-state index contributed by atoms with van der Waals surface area (Å²) in [4.78, 5) is 18.4. The third-order valence-electron chi connectivity index (χ3n) is 4.73. The third kappa shape index (κ3) is 5.52. The molecule has 1 aromatic rings. The Morgan fingerprint density at radius 2 is 2.09 bits per heavy atom. The second-order valence-electron chi connectivity index (χ2n) is 6.16. The molecule has 0 atom stereocenters. The molecule has 0 aliphatic carbocycles. The maximum absolute atomic E-state index is 12.3. The van der Waals surface area contributed by atoms with Gasteiger partial charge in [-0.2, -0.15) is 0 Å². The van der Waals surface area contributed by atoms with Gasteiger partial charge in [-0.15, -0.1) is 36.6 Å². The van der Waals surface area contributed by atoms with Gasteiger partial charge in [-0.25, -0.2) is 0 Å². The molecule has 0 unspecified atom stereocenters. The molecule has 0 saturated carbocycles. The SMILES string of the molecule is Cl.Cl.O=C(CSCc1cccnc1)N1CCC2(CCNC2)CC1. The monoisotopic (exact) mass is 377 g/mol. The molecular formula is C16H25Cl2N3OS. The molecule has 0 aromatic carbocycles. The number of hydrogen-bond donors (Lipinski definition) is 1. The number of likely N-dealkylation sites (tertiary alicyclic amines) is 1. The first-order valence-electron chi connectivity index (χ1n) is 7.73. The molecule has 2 aliphatic rings. The van der Waals surface area contributed by atoms with E-state index < -0.39 is 0 Å². The lowest BCUT2D eigenvalue weighted by Crippen LogP contribution is -2.44. The van der Waals surface area contributed by atoms with E-state index in [0.29, 0.717) is 17.1 Å². The molecule has 2 aliphatic heterocycles. The number of rotatable bonds is 4. The van der Waals surface area contributed by atoms with Gasteiger partial charge in [0.25, 0.3) is 0 Å². The highest BCUT2D eigenvalue weighted by molar-refractivity contribution is 7.99. The molecule has 3 heterocycles. The molecule has 4 nitrogen and oxygen atoms in total. The number of thioether (sulfide) groups is 1. The Hall–Kier alpha value is -0.490. The van der Waals surface area contributed by atoms with Crippen molar-refractivity contribution in [1.82, 2.24) is 15.2 Å². The molecule has 0 radical (unpaired) electrons. The van der Waals surface area contributed by atoms with Gasteiger partial charge in [-0.1, -0.05) is 6.07 Å². The molecule has 2 fully saturated rings. The number of hydrogen-bond acceptors (Lipinski definition) is 4. The Morgan fingerprint density at radius 3 is 2.70 bits per heavy atom. The molecule has 1 amide bonds. The first kappa shape index (κ1) is 20.6. The fourth-order valence-electron chi connectivity index (χ4n) is 3.28. The summed E-state index contributed by atoms with van der Waals surface area (Å²) in [6, 6.07) is 4.00. The number of amides is 1. The van der Waals surface area contributed by atoms with Crippen molar-refractivity contribution in [3.63, 3.8) is 0 Å². The van der Waals surface area contributed by atoms with Crippen molar-refractivity contribution < 1.29 is 4.79 Å². The van der Waals surface area contributed by atoms with E-state index in [1.807, 2.05) is 12.3 Å². The van der Waals surface area contributed by atoms with E-state index in [4.69, 9.17) is 0 Å². The molecule has 0 bridgehead atoms. The molecule has 7 heteroatoms. The Labute approximate surface area is 155 Å². The zero-order chi connectivity index (χ0) is 14.5. The van der Waals surface area contributed by atoms with Crippen molar-refractivity contribution in [3.05, 3.63) is 30.1 Å². The zero-order valence-corrected chi connectivity index (χ0v) is 15.7. The average Bonchev–Trinajstić information content (AvgIpc) is 2.97. The van der Waals surface area contributed by atoms with Gasteiger partial charge >= 0.3 is 0 Å². The highest BCUT2D eigenvalue weighted by Gasteiger charge is 2.37. The van der Waals surface area contributed by atoms with Gasteiger partial charge in [-0.3, -0.25) is 9.78 Å². The number of piperidine rings is 1. The number of nitrogens with one attached hydrogen (secondary N) is 1. The number of nitrogens with zero attached hydrogens (tertiary/aromatic N) is 2. The maximum Gasteiger partial charge on any atom is 0.232 e. The molecular weight excluding hydrogens is 353 g/mol. The number of carbonyl (C=O) groups excluding carboxylic acids is 1. The summed E-state index contributed by atoms with van der Waals surface area (Å²) in [6.45, 7) is 4.17. The summed E-state index contributed by atoms with van der Waals surface area (Å²) in [7, 11) is 0. The minimum absolute atomic E-state index is 0. The van der Waals surface area contributed by atoms with E-state index in [9.17, 15) is 4.79 Å². The van der Waals surface area contributed by atoms with Crippen LogP contribution in [0.15, 0.2) is 24.5 Å². The van der Waals surface area contributed by atoms with Crippen LogP contribution in [0.1, 0.15) is 24.8 Å². The van der Waals surface area contributed by atoms with Gasteiger partial charge in [0.15, 0.2) is 0 Å².